The zero-order valence-electron chi connectivity index (χ0n) is 31.7. The van der Waals surface area contributed by atoms with Crippen molar-refractivity contribution < 1.29 is 33.4 Å². The Bertz CT molecular complexity index is 1880. The summed E-state index contributed by atoms with van der Waals surface area (Å²) >= 11 is 0. The van der Waals surface area contributed by atoms with E-state index in [-0.39, 0.29) is 37.9 Å². The van der Waals surface area contributed by atoms with Crippen LogP contribution in [-0.4, -0.2) is 73.7 Å². The van der Waals surface area contributed by atoms with Crippen molar-refractivity contribution in [1.82, 2.24) is 4.98 Å². The maximum atomic E-state index is 13.8. The molecule has 4 aromatic rings. The number of pyridine rings is 1. The summed E-state index contributed by atoms with van der Waals surface area (Å²) in [5, 5.41) is 3.28. The molecule has 0 radical (unpaired) electrons. The summed E-state index contributed by atoms with van der Waals surface area (Å²) in [5.41, 5.74) is 21.8. The molecule has 0 spiro atoms. The van der Waals surface area contributed by atoms with Crippen molar-refractivity contribution in [2.24, 2.45) is 22.2 Å². The molecular formula is C42H51N7O7. The van der Waals surface area contributed by atoms with Gasteiger partial charge in [0.05, 0.1) is 13.0 Å². The molecule has 296 valence electrons. The van der Waals surface area contributed by atoms with E-state index in [1.807, 2.05) is 36.4 Å². The lowest BCUT2D eigenvalue weighted by Gasteiger charge is -2.22. The first-order valence-corrected chi connectivity index (χ1v) is 18.7. The number of hydrogen-bond acceptors (Lipinski definition) is 11. The van der Waals surface area contributed by atoms with Gasteiger partial charge in [-0.3, -0.25) is 19.3 Å². The number of amidine groups is 1. The monoisotopic (exact) mass is 765 g/mol. The molecule has 0 bridgehead atoms. The number of nitrogens with zero attached hydrogens (tertiary/aromatic N) is 3. The summed E-state index contributed by atoms with van der Waals surface area (Å²) in [5.74, 6) is -1.14. The topological polar surface area (TPSA) is 215 Å². The number of rotatable bonds is 21. The van der Waals surface area contributed by atoms with E-state index in [0.717, 1.165) is 36.9 Å². The van der Waals surface area contributed by atoms with E-state index < -0.39 is 30.1 Å². The molecule has 1 heterocycles. The van der Waals surface area contributed by atoms with Crippen LogP contribution in [0.1, 0.15) is 72.1 Å². The number of aromatic nitrogens is 1. The predicted octanol–water partition coefficient (Wildman–Crippen LogP) is 5.31. The van der Waals surface area contributed by atoms with Crippen LogP contribution in [0.4, 0.5) is 16.3 Å². The highest BCUT2D eigenvalue weighted by molar-refractivity contribution is 6.06. The smallest absolute Gasteiger partial charge is 0.435 e. The van der Waals surface area contributed by atoms with E-state index in [2.05, 4.69) is 22.2 Å². The number of hydrogen-bond donors (Lipinski definition) is 4. The minimum Gasteiger partial charge on any atom is -0.462 e. The highest BCUT2D eigenvalue weighted by atomic mass is 16.6. The van der Waals surface area contributed by atoms with Crippen molar-refractivity contribution in [2.45, 2.75) is 57.5 Å². The van der Waals surface area contributed by atoms with Gasteiger partial charge in [-0.05, 0) is 72.5 Å². The fraction of sp³-hybridized carbons (Fsp3) is 0.333. The number of ether oxygens (including phenoxy) is 3. The molecule has 1 unspecified atom stereocenters. The van der Waals surface area contributed by atoms with Crippen LogP contribution in [0.3, 0.4) is 0 Å². The Balaban J connectivity index is 1.27. The van der Waals surface area contributed by atoms with Crippen molar-refractivity contribution in [3.63, 3.8) is 0 Å². The first-order valence-electron chi connectivity index (χ1n) is 18.7. The Hall–Kier alpha value is -6.12. The zero-order valence-corrected chi connectivity index (χ0v) is 31.7. The summed E-state index contributed by atoms with van der Waals surface area (Å²) in [7, 11) is 0. The largest absolute Gasteiger partial charge is 0.462 e. The second-order valence-electron chi connectivity index (χ2n) is 12.9. The summed E-state index contributed by atoms with van der Waals surface area (Å²) in [6.45, 7) is 2.44. The van der Waals surface area contributed by atoms with Gasteiger partial charge in [0, 0.05) is 42.1 Å². The highest BCUT2D eigenvalue weighted by Gasteiger charge is 2.22. The number of nitrogens with two attached hydrogens (primary N) is 3. The van der Waals surface area contributed by atoms with Gasteiger partial charge < -0.3 is 36.7 Å². The number of nitrogens with one attached hydrogen (secondary N) is 1. The average molecular weight is 766 g/mol. The van der Waals surface area contributed by atoms with Crippen LogP contribution in [0.25, 0.3) is 0 Å². The van der Waals surface area contributed by atoms with Gasteiger partial charge in [0.15, 0.2) is 0 Å². The maximum absolute atomic E-state index is 13.8. The Morgan fingerprint density at radius 2 is 1.55 bits per heavy atom. The van der Waals surface area contributed by atoms with Crippen LogP contribution in [-0.2, 0) is 30.2 Å². The molecule has 0 saturated carbocycles. The number of unbranched alkanes of at least 4 members (excludes halogenated alkanes) is 3. The lowest BCUT2D eigenvalue weighted by molar-refractivity contribution is -0.152. The summed E-state index contributed by atoms with van der Waals surface area (Å²) in [6, 6.07) is 27.2. The van der Waals surface area contributed by atoms with Crippen molar-refractivity contribution in [2.75, 3.05) is 43.1 Å². The molecule has 2 amide bonds. The SMILES string of the molecule is CCCCCCOC(=O)/N=C(\N)c1ccc(NCC(N)c2cccc(C(=O)N(CCC(=O)OCCOC(=O)[C@@H](N)Cc3ccccc3)c3ccccn3)c2)cc1. The molecule has 7 N–H and O–H groups in total. The number of anilines is 2. The van der Waals surface area contributed by atoms with Gasteiger partial charge >= 0.3 is 18.0 Å². The van der Waals surface area contributed by atoms with Gasteiger partial charge in [-0.2, -0.15) is 4.99 Å². The fourth-order valence-corrected chi connectivity index (χ4v) is 5.51. The highest BCUT2D eigenvalue weighted by Crippen LogP contribution is 2.20. The van der Waals surface area contributed by atoms with Gasteiger partial charge in [-0.25, -0.2) is 9.78 Å². The van der Waals surface area contributed by atoms with Crippen molar-refractivity contribution in [3.05, 3.63) is 126 Å². The number of esters is 2. The lowest BCUT2D eigenvalue weighted by Crippen LogP contribution is -2.35. The number of benzene rings is 3. The van der Waals surface area contributed by atoms with Crippen LogP contribution in [0.15, 0.2) is 108 Å². The van der Waals surface area contributed by atoms with E-state index in [4.69, 9.17) is 31.4 Å². The third kappa shape index (κ3) is 14.3. The molecule has 1 aromatic heterocycles. The molecule has 3 aromatic carbocycles. The second-order valence-corrected chi connectivity index (χ2v) is 12.9. The first-order chi connectivity index (χ1) is 27.1. The van der Waals surface area contributed by atoms with Crippen molar-refractivity contribution >= 4 is 41.3 Å². The van der Waals surface area contributed by atoms with Crippen LogP contribution in [0.5, 0.6) is 0 Å². The standard InChI is InChI=1S/C42H51N7O7/c1-2-3-4-10-24-56-42(53)48-39(45)31-17-19-34(20-18-31)47-29-36(44)32-14-11-15-33(28-32)40(51)49(37-16-8-9-22-46-37)23-21-38(50)54-25-26-55-41(52)35(43)27-30-12-6-5-7-13-30/h5-9,11-20,22,28,35-36,47H,2-4,10,21,23-27,29,43-44H2,1H3,(H2,45,48,53)/t35-,36?/m0/s1. The predicted molar refractivity (Wildman–Crippen MR) is 215 cm³/mol. The minimum atomic E-state index is -0.843. The van der Waals surface area contributed by atoms with E-state index in [9.17, 15) is 19.2 Å². The van der Waals surface area contributed by atoms with Gasteiger partial charge in [-0.1, -0.05) is 74.7 Å². The number of carbonyl (C=O) groups is 4. The molecule has 2 atom stereocenters. The van der Waals surface area contributed by atoms with Crippen LogP contribution in [0, 0.1) is 0 Å². The molecule has 0 aliphatic rings. The second kappa shape index (κ2) is 22.9. The van der Waals surface area contributed by atoms with Crippen molar-refractivity contribution in [1.29, 1.82) is 0 Å². The molecule has 14 heteroatoms. The molecule has 0 fully saturated rings. The summed E-state index contributed by atoms with van der Waals surface area (Å²) < 4.78 is 15.6. The van der Waals surface area contributed by atoms with E-state index in [0.29, 0.717) is 42.1 Å². The third-order valence-electron chi connectivity index (χ3n) is 8.61. The maximum Gasteiger partial charge on any atom is 0.435 e. The molecule has 0 saturated heterocycles. The normalized spacial score (nSPS) is 12.2. The zero-order chi connectivity index (χ0) is 40.1. The first kappa shape index (κ1) is 42.6. The van der Waals surface area contributed by atoms with E-state index in [1.54, 1.807) is 66.9 Å². The quantitative estimate of drug-likeness (QED) is 0.0279. The number of aliphatic imine (C=N–C) groups is 1. The van der Waals surface area contributed by atoms with Crippen LogP contribution in [0.2, 0.25) is 0 Å². The van der Waals surface area contributed by atoms with Crippen molar-refractivity contribution in [3.8, 4) is 0 Å². The van der Waals surface area contributed by atoms with Gasteiger partial charge in [0.1, 0.15) is 30.9 Å². The molecule has 56 heavy (non-hydrogen) atoms. The van der Waals surface area contributed by atoms with Gasteiger partial charge in [0.25, 0.3) is 5.91 Å². The van der Waals surface area contributed by atoms with Gasteiger partial charge in [-0.15, -0.1) is 0 Å². The Labute approximate surface area is 327 Å². The molecule has 0 aliphatic heterocycles. The Morgan fingerprint density at radius 3 is 2.29 bits per heavy atom. The molecule has 0 aliphatic carbocycles. The summed E-state index contributed by atoms with van der Waals surface area (Å²) in [6.07, 6.45) is 5.00. The van der Waals surface area contributed by atoms with E-state index >= 15 is 0 Å². The molecule has 14 nitrogen and oxygen atoms in total. The Morgan fingerprint density at radius 1 is 0.804 bits per heavy atom. The van der Waals surface area contributed by atoms with Crippen LogP contribution < -0.4 is 27.4 Å². The van der Waals surface area contributed by atoms with E-state index in [1.165, 1.54) is 4.90 Å². The fourth-order valence-electron chi connectivity index (χ4n) is 5.51. The molecule has 4 rings (SSSR count). The number of carbonyl (C=O) groups excluding carboxylic acids is 4. The summed E-state index contributed by atoms with van der Waals surface area (Å²) in [4.78, 5) is 60.3. The third-order valence-corrected chi connectivity index (χ3v) is 8.61. The average Bonchev–Trinajstić information content (AvgIpc) is 3.22. The molecular weight excluding hydrogens is 715 g/mol. The minimum absolute atomic E-state index is 0.0142. The Kier molecular flexibility index (Phi) is 17.5. The lowest BCUT2D eigenvalue weighted by atomic mass is 10.0. The van der Waals surface area contributed by atoms with Crippen LogP contribution >= 0.6 is 0 Å². The van der Waals surface area contributed by atoms with Gasteiger partial charge in [0.2, 0.25) is 0 Å². The number of amides is 2.